The van der Waals surface area contributed by atoms with Crippen LogP contribution < -0.4 is 5.32 Å². The van der Waals surface area contributed by atoms with Crippen molar-refractivity contribution < 1.29 is 9.21 Å². The van der Waals surface area contributed by atoms with Crippen LogP contribution in [0.2, 0.25) is 0 Å². The molecule has 3 heterocycles. The molecule has 1 amide bonds. The molecule has 0 radical (unpaired) electrons. The van der Waals surface area contributed by atoms with E-state index in [0.717, 1.165) is 66.3 Å². The van der Waals surface area contributed by atoms with Crippen molar-refractivity contribution in [1.82, 2.24) is 20.4 Å². The molecule has 0 unspecified atom stereocenters. The van der Waals surface area contributed by atoms with Crippen LogP contribution in [0, 0.1) is 12.8 Å². The average molecular weight is 381 g/mol. The Bertz CT molecular complexity index is 659. The van der Waals surface area contributed by atoms with Gasteiger partial charge in [0, 0.05) is 18.8 Å². The van der Waals surface area contributed by atoms with Crippen molar-refractivity contribution in [3.05, 3.63) is 29.2 Å². The van der Waals surface area contributed by atoms with Gasteiger partial charge in [-0.3, -0.25) is 9.69 Å². The van der Waals surface area contributed by atoms with Crippen LogP contribution in [0.3, 0.4) is 0 Å². The lowest BCUT2D eigenvalue weighted by Crippen LogP contribution is -2.42. The third-order valence-corrected chi connectivity index (χ3v) is 6.25. The second kappa shape index (κ2) is 9.35. The number of hydrogen-bond acceptors (Lipinski definition) is 7. The van der Waals surface area contributed by atoms with E-state index in [1.807, 2.05) is 19.1 Å². The fourth-order valence-corrected chi connectivity index (χ4v) is 4.79. The smallest absolute Gasteiger partial charge is 0.224 e. The Hall–Kier alpha value is -1.38. The van der Waals surface area contributed by atoms with Crippen LogP contribution in [0.25, 0.3) is 0 Å². The molecule has 1 atom stereocenters. The predicted octanol–water partition coefficient (Wildman–Crippen LogP) is 2.95. The van der Waals surface area contributed by atoms with E-state index in [1.54, 1.807) is 29.4 Å². The number of furan rings is 1. The SMILES string of the molecule is Cc1nnc(SCCCNC(=O)[C@@H]2CCCN(Cc3ccco3)C2)s1. The van der Waals surface area contributed by atoms with Crippen LogP contribution in [0.5, 0.6) is 0 Å². The van der Waals surface area contributed by atoms with Gasteiger partial charge in [-0.1, -0.05) is 23.1 Å². The highest BCUT2D eigenvalue weighted by atomic mass is 32.2. The molecule has 3 rings (SSSR count). The molecule has 0 bridgehead atoms. The quantitative estimate of drug-likeness (QED) is 0.561. The van der Waals surface area contributed by atoms with Gasteiger partial charge >= 0.3 is 0 Å². The normalized spacial score (nSPS) is 18.4. The zero-order valence-electron chi connectivity index (χ0n) is 14.4. The number of amides is 1. The molecule has 0 spiro atoms. The maximum Gasteiger partial charge on any atom is 0.224 e. The van der Waals surface area contributed by atoms with E-state index in [4.69, 9.17) is 4.42 Å². The first-order chi connectivity index (χ1) is 12.2. The number of hydrogen-bond donors (Lipinski definition) is 1. The largest absolute Gasteiger partial charge is 0.468 e. The molecule has 2 aromatic rings. The zero-order valence-corrected chi connectivity index (χ0v) is 16.1. The molecular weight excluding hydrogens is 356 g/mol. The Morgan fingerprint density at radius 3 is 3.20 bits per heavy atom. The van der Waals surface area contributed by atoms with Gasteiger partial charge in [0.1, 0.15) is 10.8 Å². The number of nitrogens with zero attached hydrogens (tertiary/aromatic N) is 3. The summed E-state index contributed by atoms with van der Waals surface area (Å²) in [6.07, 6.45) is 4.67. The number of carbonyl (C=O) groups excluding carboxylic acids is 1. The van der Waals surface area contributed by atoms with Gasteiger partial charge in [-0.05, 0) is 44.9 Å². The molecule has 1 saturated heterocycles. The van der Waals surface area contributed by atoms with Crippen molar-refractivity contribution in [2.45, 2.75) is 37.1 Å². The summed E-state index contributed by atoms with van der Waals surface area (Å²) in [5.41, 5.74) is 0. The summed E-state index contributed by atoms with van der Waals surface area (Å²) in [4.78, 5) is 14.7. The van der Waals surface area contributed by atoms with Crippen LogP contribution in [0.4, 0.5) is 0 Å². The van der Waals surface area contributed by atoms with E-state index in [-0.39, 0.29) is 11.8 Å². The standard InChI is InChI=1S/C17H24N4O2S2/c1-13-19-20-17(25-13)24-10-4-7-18-16(22)14-5-2-8-21(11-14)12-15-6-3-9-23-15/h3,6,9,14H,2,4-5,7-8,10-12H2,1H3,(H,18,22)/t14-/m1/s1. The molecular formula is C17H24N4O2S2. The fourth-order valence-electron chi connectivity index (χ4n) is 2.96. The van der Waals surface area contributed by atoms with Crippen molar-refractivity contribution in [2.75, 3.05) is 25.4 Å². The van der Waals surface area contributed by atoms with Gasteiger partial charge in [0.15, 0.2) is 4.34 Å². The molecule has 0 saturated carbocycles. The van der Waals surface area contributed by atoms with E-state index < -0.39 is 0 Å². The lowest BCUT2D eigenvalue weighted by atomic mass is 9.97. The van der Waals surface area contributed by atoms with Gasteiger partial charge in [0.2, 0.25) is 5.91 Å². The van der Waals surface area contributed by atoms with E-state index >= 15 is 0 Å². The van der Waals surface area contributed by atoms with Crippen LogP contribution in [-0.2, 0) is 11.3 Å². The number of rotatable bonds is 8. The number of nitrogens with one attached hydrogen (secondary N) is 1. The van der Waals surface area contributed by atoms with Crippen LogP contribution in [-0.4, -0.2) is 46.4 Å². The summed E-state index contributed by atoms with van der Waals surface area (Å²) in [6, 6.07) is 3.89. The van der Waals surface area contributed by atoms with Crippen molar-refractivity contribution in [1.29, 1.82) is 0 Å². The summed E-state index contributed by atoms with van der Waals surface area (Å²) in [5.74, 6) is 2.18. The van der Waals surface area contributed by atoms with Gasteiger partial charge < -0.3 is 9.73 Å². The number of aryl methyl sites for hydroxylation is 1. The number of thioether (sulfide) groups is 1. The Morgan fingerprint density at radius 2 is 2.44 bits per heavy atom. The Morgan fingerprint density at radius 1 is 1.52 bits per heavy atom. The molecule has 1 aliphatic rings. The second-order valence-corrected chi connectivity index (χ2v) is 8.76. The minimum Gasteiger partial charge on any atom is -0.468 e. The van der Waals surface area contributed by atoms with Gasteiger partial charge in [0.25, 0.3) is 0 Å². The first-order valence-electron chi connectivity index (χ1n) is 8.66. The lowest BCUT2D eigenvalue weighted by molar-refractivity contribution is -0.126. The molecule has 2 aromatic heterocycles. The number of piperidine rings is 1. The zero-order chi connectivity index (χ0) is 17.5. The van der Waals surface area contributed by atoms with Gasteiger partial charge in [-0.2, -0.15) is 0 Å². The minimum absolute atomic E-state index is 0.0853. The monoisotopic (exact) mass is 380 g/mol. The molecule has 0 aliphatic carbocycles. The lowest BCUT2D eigenvalue weighted by Gasteiger charge is -2.31. The third kappa shape index (κ3) is 5.83. The fraction of sp³-hybridized carbons (Fsp3) is 0.588. The first kappa shape index (κ1) is 18.4. The Balaban J connectivity index is 1.33. The molecule has 8 heteroatoms. The van der Waals surface area contributed by atoms with E-state index in [0.29, 0.717) is 0 Å². The Kier molecular flexibility index (Phi) is 6.89. The van der Waals surface area contributed by atoms with Crippen LogP contribution in [0.1, 0.15) is 30.0 Å². The van der Waals surface area contributed by atoms with E-state index in [1.165, 1.54) is 0 Å². The average Bonchev–Trinajstić information content (AvgIpc) is 3.26. The summed E-state index contributed by atoms with van der Waals surface area (Å²) in [5, 5.41) is 12.2. The molecule has 25 heavy (non-hydrogen) atoms. The highest BCUT2D eigenvalue weighted by Crippen LogP contribution is 2.22. The highest BCUT2D eigenvalue weighted by molar-refractivity contribution is 8.01. The van der Waals surface area contributed by atoms with Crippen LogP contribution in [0.15, 0.2) is 27.2 Å². The van der Waals surface area contributed by atoms with Crippen molar-refractivity contribution in [3.63, 3.8) is 0 Å². The summed E-state index contributed by atoms with van der Waals surface area (Å²) in [6.45, 7) is 5.31. The molecule has 1 fully saturated rings. The van der Waals surface area contributed by atoms with Gasteiger partial charge in [-0.15, -0.1) is 10.2 Å². The summed E-state index contributed by atoms with van der Waals surface area (Å²) >= 11 is 3.32. The number of aromatic nitrogens is 2. The van der Waals surface area contributed by atoms with Crippen molar-refractivity contribution in [3.8, 4) is 0 Å². The summed E-state index contributed by atoms with van der Waals surface area (Å²) in [7, 11) is 0. The van der Waals surface area contributed by atoms with Gasteiger partial charge in [-0.25, -0.2) is 0 Å². The van der Waals surface area contributed by atoms with Crippen molar-refractivity contribution >= 4 is 29.0 Å². The third-order valence-electron chi connectivity index (χ3n) is 4.19. The molecule has 0 aromatic carbocycles. The summed E-state index contributed by atoms with van der Waals surface area (Å²) < 4.78 is 6.41. The Labute approximate surface area is 156 Å². The highest BCUT2D eigenvalue weighted by Gasteiger charge is 2.25. The molecule has 136 valence electrons. The maximum absolute atomic E-state index is 12.4. The van der Waals surface area contributed by atoms with E-state index in [9.17, 15) is 4.79 Å². The number of carbonyl (C=O) groups is 1. The molecule has 1 aliphatic heterocycles. The molecule has 6 nitrogen and oxygen atoms in total. The van der Waals surface area contributed by atoms with Crippen LogP contribution >= 0.6 is 23.1 Å². The van der Waals surface area contributed by atoms with E-state index in [2.05, 4.69) is 20.4 Å². The molecule has 1 N–H and O–H groups in total. The van der Waals surface area contributed by atoms with Gasteiger partial charge in [0.05, 0.1) is 18.7 Å². The van der Waals surface area contributed by atoms with Crippen molar-refractivity contribution in [2.24, 2.45) is 5.92 Å². The first-order valence-corrected chi connectivity index (χ1v) is 10.5. The minimum atomic E-state index is 0.0853. The maximum atomic E-state index is 12.4. The number of likely N-dealkylation sites (tertiary alicyclic amines) is 1. The second-order valence-electron chi connectivity index (χ2n) is 6.23. The predicted molar refractivity (Wildman–Crippen MR) is 99.7 cm³/mol. The topological polar surface area (TPSA) is 71.3 Å².